The number of nitrogens with zero attached hydrogens (tertiary/aromatic N) is 1. The maximum atomic E-state index is 13.7. The predicted molar refractivity (Wildman–Crippen MR) is 76.2 cm³/mol. The topological polar surface area (TPSA) is 69.4 Å². The Hall–Kier alpha value is -1.98. The number of ether oxygens (including phenoxy) is 1. The van der Waals surface area contributed by atoms with Gasteiger partial charge in [-0.3, -0.25) is 14.9 Å². The first-order valence-electron chi connectivity index (χ1n) is 6.69. The molecule has 1 rings (SSSR count). The van der Waals surface area contributed by atoms with E-state index in [0.717, 1.165) is 12.1 Å². The summed E-state index contributed by atoms with van der Waals surface area (Å²) in [5.74, 6) is -1.34. The Morgan fingerprint density at radius 1 is 1.33 bits per heavy atom. The van der Waals surface area contributed by atoms with Crippen LogP contribution in [-0.4, -0.2) is 10.9 Å². The van der Waals surface area contributed by atoms with Gasteiger partial charge in [-0.05, 0) is 51.8 Å². The fraction of sp³-hybridized carbons (Fsp3) is 0.533. The molecule has 1 aromatic carbocycles. The number of esters is 1. The molecule has 0 aliphatic heterocycles. The maximum absolute atomic E-state index is 13.7. The van der Waals surface area contributed by atoms with Crippen molar-refractivity contribution in [2.24, 2.45) is 5.41 Å². The first-order chi connectivity index (χ1) is 9.51. The van der Waals surface area contributed by atoms with E-state index in [-0.39, 0.29) is 0 Å². The molecule has 0 aliphatic rings. The smallest absolute Gasteiger partial charge is 0.312 e. The SMILES string of the molecule is CCC(C)(C)C(=O)OC(C)(C)c1ccc([N+](=O)[O-])c(F)c1. The van der Waals surface area contributed by atoms with Gasteiger partial charge in [-0.15, -0.1) is 0 Å². The van der Waals surface area contributed by atoms with Gasteiger partial charge in [0.2, 0.25) is 5.82 Å². The third kappa shape index (κ3) is 3.77. The number of halogens is 1. The van der Waals surface area contributed by atoms with Crippen LogP contribution in [0, 0.1) is 21.3 Å². The number of nitro benzene ring substituents is 1. The first-order valence-corrected chi connectivity index (χ1v) is 6.69. The molecule has 0 aliphatic carbocycles. The van der Waals surface area contributed by atoms with E-state index in [9.17, 15) is 19.3 Å². The molecule has 0 atom stereocenters. The number of benzene rings is 1. The molecule has 0 heterocycles. The molecule has 0 unspecified atom stereocenters. The summed E-state index contributed by atoms with van der Waals surface area (Å²) in [6.45, 7) is 8.65. The zero-order chi connectivity index (χ0) is 16.4. The Labute approximate surface area is 123 Å². The fourth-order valence-electron chi connectivity index (χ4n) is 1.60. The van der Waals surface area contributed by atoms with Gasteiger partial charge in [0.1, 0.15) is 5.60 Å². The molecule has 0 saturated carbocycles. The third-order valence-corrected chi connectivity index (χ3v) is 3.62. The van der Waals surface area contributed by atoms with Crippen molar-refractivity contribution in [3.63, 3.8) is 0 Å². The molecule has 0 spiro atoms. The molecule has 21 heavy (non-hydrogen) atoms. The van der Waals surface area contributed by atoms with Crippen LogP contribution in [-0.2, 0) is 15.1 Å². The number of rotatable bonds is 5. The minimum Gasteiger partial charge on any atom is -0.454 e. The van der Waals surface area contributed by atoms with Gasteiger partial charge in [0.15, 0.2) is 0 Å². The van der Waals surface area contributed by atoms with Crippen LogP contribution in [0.3, 0.4) is 0 Å². The quantitative estimate of drug-likeness (QED) is 0.469. The van der Waals surface area contributed by atoms with Gasteiger partial charge >= 0.3 is 11.7 Å². The Bertz CT molecular complexity index is 567. The first kappa shape index (κ1) is 17.1. The highest BCUT2D eigenvalue weighted by molar-refractivity contribution is 5.76. The highest BCUT2D eigenvalue weighted by atomic mass is 19.1. The Balaban J connectivity index is 3.06. The average molecular weight is 297 g/mol. The number of hydrogen-bond donors (Lipinski definition) is 0. The molecule has 0 aromatic heterocycles. The van der Waals surface area contributed by atoms with Crippen LogP contribution >= 0.6 is 0 Å². The van der Waals surface area contributed by atoms with Crippen molar-refractivity contribution in [3.8, 4) is 0 Å². The average Bonchev–Trinajstić information content (AvgIpc) is 2.37. The molecular weight excluding hydrogens is 277 g/mol. The lowest BCUT2D eigenvalue weighted by Crippen LogP contribution is -2.34. The maximum Gasteiger partial charge on any atom is 0.312 e. The summed E-state index contributed by atoms with van der Waals surface area (Å²) in [7, 11) is 0. The molecular formula is C15H20FNO4. The molecule has 0 fully saturated rings. The fourth-order valence-corrected chi connectivity index (χ4v) is 1.60. The highest BCUT2D eigenvalue weighted by Crippen LogP contribution is 2.32. The van der Waals surface area contributed by atoms with Crippen LogP contribution in [0.4, 0.5) is 10.1 Å². The van der Waals surface area contributed by atoms with Crippen LogP contribution in [0.15, 0.2) is 18.2 Å². The van der Waals surface area contributed by atoms with Gasteiger partial charge in [-0.1, -0.05) is 6.92 Å². The second-order valence-electron chi connectivity index (χ2n) is 6.06. The van der Waals surface area contributed by atoms with E-state index < -0.39 is 33.4 Å². The number of carbonyl (C=O) groups excluding carboxylic acids is 1. The molecule has 0 amide bonds. The zero-order valence-electron chi connectivity index (χ0n) is 12.9. The van der Waals surface area contributed by atoms with Crippen molar-refractivity contribution in [2.75, 3.05) is 0 Å². The van der Waals surface area contributed by atoms with Crippen LogP contribution < -0.4 is 0 Å². The zero-order valence-corrected chi connectivity index (χ0v) is 12.9. The molecule has 116 valence electrons. The molecule has 6 heteroatoms. The highest BCUT2D eigenvalue weighted by Gasteiger charge is 2.34. The lowest BCUT2D eigenvalue weighted by Gasteiger charge is -2.30. The van der Waals surface area contributed by atoms with Gasteiger partial charge in [0.25, 0.3) is 0 Å². The van der Waals surface area contributed by atoms with Crippen molar-refractivity contribution >= 4 is 11.7 Å². The second-order valence-corrected chi connectivity index (χ2v) is 6.06. The minimum absolute atomic E-state index is 0.367. The van der Waals surface area contributed by atoms with E-state index in [2.05, 4.69) is 0 Å². The van der Waals surface area contributed by atoms with Gasteiger partial charge in [0.05, 0.1) is 10.3 Å². The molecule has 0 saturated heterocycles. The number of carbonyl (C=O) groups is 1. The Morgan fingerprint density at radius 2 is 1.90 bits per heavy atom. The van der Waals surface area contributed by atoms with Gasteiger partial charge in [-0.2, -0.15) is 4.39 Å². The van der Waals surface area contributed by atoms with E-state index in [1.54, 1.807) is 27.7 Å². The van der Waals surface area contributed by atoms with Gasteiger partial charge < -0.3 is 4.74 Å². The number of hydrogen-bond acceptors (Lipinski definition) is 4. The van der Waals surface area contributed by atoms with Crippen LogP contribution in [0.2, 0.25) is 0 Å². The lowest BCUT2D eigenvalue weighted by atomic mass is 9.89. The van der Waals surface area contributed by atoms with Crippen molar-refractivity contribution in [3.05, 3.63) is 39.7 Å². The van der Waals surface area contributed by atoms with E-state index >= 15 is 0 Å². The molecule has 0 bridgehead atoms. The monoisotopic (exact) mass is 297 g/mol. The van der Waals surface area contributed by atoms with Crippen LogP contribution in [0.1, 0.15) is 46.6 Å². The Morgan fingerprint density at radius 3 is 2.33 bits per heavy atom. The van der Waals surface area contributed by atoms with Crippen molar-refractivity contribution in [1.29, 1.82) is 0 Å². The van der Waals surface area contributed by atoms with Crippen molar-refractivity contribution in [2.45, 2.75) is 46.6 Å². The number of nitro groups is 1. The van der Waals surface area contributed by atoms with Crippen molar-refractivity contribution in [1.82, 2.24) is 0 Å². The van der Waals surface area contributed by atoms with Crippen LogP contribution in [0.25, 0.3) is 0 Å². The van der Waals surface area contributed by atoms with Crippen LogP contribution in [0.5, 0.6) is 0 Å². The molecule has 1 aromatic rings. The van der Waals surface area contributed by atoms with Crippen molar-refractivity contribution < 1.29 is 18.8 Å². The van der Waals surface area contributed by atoms with E-state index in [0.29, 0.717) is 12.0 Å². The molecule has 0 radical (unpaired) electrons. The second kappa shape index (κ2) is 5.79. The summed E-state index contributed by atoms with van der Waals surface area (Å²) in [5.41, 5.74) is -1.95. The summed E-state index contributed by atoms with van der Waals surface area (Å²) >= 11 is 0. The van der Waals surface area contributed by atoms with Gasteiger partial charge in [-0.25, -0.2) is 0 Å². The van der Waals surface area contributed by atoms with E-state index in [1.807, 2.05) is 6.92 Å². The summed E-state index contributed by atoms with van der Waals surface area (Å²) in [6.07, 6.45) is 0.608. The minimum atomic E-state index is -1.07. The standard InChI is InChI=1S/C15H20FNO4/c1-6-14(2,3)13(18)21-15(4,5)10-7-8-12(17(19)20)11(16)9-10/h7-9H,6H2,1-5H3. The normalized spacial score (nSPS) is 12.1. The largest absolute Gasteiger partial charge is 0.454 e. The van der Waals surface area contributed by atoms with E-state index in [4.69, 9.17) is 4.74 Å². The summed E-state index contributed by atoms with van der Waals surface area (Å²) < 4.78 is 19.1. The van der Waals surface area contributed by atoms with Gasteiger partial charge in [0, 0.05) is 6.07 Å². The lowest BCUT2D eigenvalue weighted by molar-refractivity contribution is -0.387. The summed E-state index contributed by atoms with van der Waals surface area (Å²) in [5, 5.41) is 10.6. The molecule has 5 nitrogen and oxygen atoms in total. The Kier molecular flexibility index (Phi) is 4.71. The van der Waals surface area contributed by atoms with E-state index in [1.165, 1.54) is 6.07 Å². The summed E-state index contributed by atoms with van der Waals surface area (Å²) in [4.78, 5) is 21.9. The predicted octanol–water partition coefficient (Wildman–Crippen LogP) is 3.95. The molecule has 0 N–H and O–H groups in total. The third-order valence-electron chi connectivity index (χ3n) is 3.62. The summed E-state index contributed by atoms with van der Waals surface area (Å²) in [6, 6.07) is 3.50.